The van der Waals surface area contributed by atoms with Crippen molar-refractivity contribution in [2.75, 3.05) is 7.05 Å². The number of aromatic nitrogens is 1. The Morgan fingerprint density at radius 3 is 2.67 bits per heavy atom. The minimum absolute atomic E-state index is 0.241. The normalized spacial score (nSPS) is 10.9. The van der Waals surface area contributed by atoms with E-state index in [1.54, 1.807) is 33.2 Å². The zero-order chi connectivity index (χ0) is 13.8. The van der Waals surface area contributed by atoms with E-state index < -0.39 is 11.7 Å². The first-order chi connectivity index (χ1) is 8.31. The van der Waals surface area contributed by atoms with Crippen molar-refractivity contribution in [1.82, 2.24) is 15.6 Å². The highest BCUT2D eigenvalue weighted by atomic mass is 32.1. The molecule has 100 valence electrons. The third-order valence-electron chi connectivity index (χ3n) is 1.79. The van der Waals surface area contributed by atoms with Crippen LogP contribution in [0.5, 0.6) is 0 Å². The Kier molecular flexibility index (Phi) is 4.66. The molecule has 1 aromatic rings. The molecule has 0 aliphatic rings. The monoisotopic (exact) mass is 271 g/mol. The summed E-state index contributed by atoms with van der Waals surface area (Å²) in [4.78, 5) is 26.8. The topological polar surface area (TPSA) is 80.3 Å². The van der Waals surface area contributed by atoms with E-state index in [1.807, 2.05) is 0 Å². The van der Waals surface area contributed by atoms with E-state index >= 15 is 0 Å². The number of nitrogens with zero attached hydrogens (tertiary/aromatic N) is 1. The molecule has 18 heavy (non-hydrogen) atoms. The maximum Gasteiger partial charge on any atom is 0.408 e. The van der Waals surface area contributed by atoms with Crippen LogP contribution in [0.1, 0.15) is 36.3 Å². The van der Waals surface area contributed by atoms with E-state index in [2.05, 4.69) is 15.6 Å². The van der Waals surface area contributed by atoms with Gasteiger partial charge in [0.1, 0.15) is 16.3 Å². The summed E-state index contributed by atoms with van der Waals surface area (Å²) < 4.78 is 5.08. The lowest BCUT2D eigenvalue weighted by atomic mass is 10.2. The number of ether oxygens (including phenoxy) is 1. The number of hydrogen-bond acceptors (Lipinski definition) is 5. The number of amides is 2. The summed E-state index contributed by atoms with van der Waals surface area (Å²) in [6.07, 6.45) is -0.501. The second-order valence-electron chi connectivity index (χ2n) is 4.56. The summed E-state index contributed by atoms with van der Waals surface area (Å²) in [5.41, 5.74) is -0.177. The highest BCUT2D eigenvalue weighted by Crippen LogP contribution is 2.10. The average molecular weight is 271 g/mol. The van der Waals surface area contributed by atoms with Gasteiger partial charge >= 0.3 is 6.09 Å². The number of alkyl carbamates (subject to hydrolysis) is 1. The van der Waals surface area contributed by atoms with E-state index in [9.17, 15) is 9.59 Å². The molecule has 0 radical (unpaired) electrons. The Labute approximate surface area is 110 Å². The van der Waals surface area contributed by atoms with E-state index in [-0.39, 0.29) is 12.5 Å². The predicted molar refractivity (Wildman–Crippen MR) is 68.6 cm³/mol. The van der Waals surface area contributed by atoms with Crippen molar-refractivity contribution in [2.24, 2.45) is 0 Å². The Balaban J connectivity index is 2.47. The number of nitrogens with one attached hydrogen (secondary N) is 2. The van der Waals surface area contributed by atoms with E-state index in [4.69, 9.17) is 4.74 Å². The second kappa shape index (κ2) is 5.81. The molecule has 0 unspecified atom stereocenters. The number of hydrogen-bond donors (Lipinski definition) is 2. The van der Waals surface area contributed by atoms with Gasteiger partial charge in [0.05, 0.1) is 6.54 Å². The van der Waals surface area contributed by atoms with Crippen molar-refractivity contribution >= 4 is 23.3 Å². The van der Waals surface area contributed by atoms with Gasteiger partial charge in [-0.2, -0.15) is 0 Å². The van der Waals surface area contributed by atoms with Crippen LogP contribution in [0.2, 0.25) is 0 Å². The highest BCUT2D eigenvalue weighted by Gasteiger charge is 2.16. The minimum atomic E-state index is -0.528. The van der Waals surface area contributed by atoms with E-state index in [0.29, 0.717) is 10.7 Å². The van der Waals surface area contributed by atoms with Crippen LogP contribution in [-0.2, 0) is 11.3 Å². The van der Waals surface area contributed by atoms with Crippen LogP contribution in [0.15, 0.2) is 5.38 Å². The van der Waals surface area contributed by atoms with Gasteiger partial charge in [0, 0.05) is 12.4 Å². The number of carbonyl (C=O) groups excluding carboxylic acids is 2. The standard InChI is InChI=1S/C11H17N3O3S/c1-11(2,3)17-10(16)13-5-8-14-7(6-18-8)9(15)12-4/h6H,5H2,1-4H3,(H,12,15)(H,13,16). The third-order valence-corrected chi connectivity index (χ3v) is 2.64. The van der Waals surface area contributed by atoms with Gasteiger partial charge in [0.15, 0.2) is 0 Å². The van der Waals surface area contributed by atoms with Crippen molar-refractivity contribution in [3.05, 3.63) is 16.1 Å². The third kappa shape index (κ3) is 4.70. The van der Waals surface area contributed by atoms with Gasteiger partial charge in [-0.15, -0.1) is 11.3 Å². The quantitative estimate of drug-likeness (QED) is 0.873. The van der Waals surface area contributed by atoms with Gasteiger partial charge in [-0.3, -0.25) is 4.79 Å². The lowest BCUT2D eigenvalue weighted by molar-refractivity contribution is 0.0523. The summed E-state index contributed by atoms with van der Waals surface area (Å²) in [5.74, 6) is -0.241. The molecular formula is C11H17N3O3S. The molecule has 2 N–H and O–H groups in total. The molecule has 0 spiro atoms. The molecule has 1 heterocycles. The molecule has 2 amide bonds. The van der Waals surface area contributed by atoms with Gasteiger partial charge in [0.2, 0.25) is 0 Å². The molecule has 0 fully saturated rings. The van der Waals surface area contributed by atoms with Gasteiger partial charge < -0.3 is 15.4 Å². The first-order valence-electron chi connectivity index (χ1n) is 5.45. The maximum atomic E-state index is 11.4. The van der Waals surface area contributed by atoms with Crippen LogP contribution in [0.25, 0.3) is 0 Å². The molecule has 0 aliphatic heterocycles. The van der Waals surface area contributed by atoms with Crippen LogP contribution < -0.4 is 10.6 Å². The first-order valence-corrected chi connectivity index (χ1v) is 6.33. The van der Waals surface area contributed by atoms with Crippen molar-refractivity contribution < 1.29 is 14.3 Å². The largest absolute Gasteiger partial charge is 0.444 e. The molecule has 0 saturated carbocycles. The number of carbonyl (C=O) groups is 2. The lowest BCUT2D eigenvalue weighted by Gasteiger charge is -2.19. The Hall–Kier alpha value is -1.63. The van der Waals surface area contributed by atoms with Gasteiger partial charge in [-0.1, -0.05) is 0 Å². The summed E-state index contributed by atoms with van der Waals surface area (Å²) in [6.45, 7) is 5.62. The van der Waals surface area contributed by atoms with Crippen LogP contribution in [0.4, 0.5) is 4.79 Å². The summed E-state index contributed by atoms with van der Waals surface area (Å²) in [5, 5.41) is 7.36. The van der Waals surface area contributed by atoms with Gasteiger partial charge in [-0.25, -0.2) is 9.78 Å². The summed E-state index contributed by atoms with van der Waals surface area (Å²) in [6, 6.07) is 0. The summed E-state index contributed by atoms with van der Waals surface area (Å²) >= 11 is 1.31. The maximum absolute atomic E-state index is 11.4. The molecule has 0 aromatic carbocycles. The molecule has 0 atom stereocenters. The van der Waals surface area contributed by atoms with Crippen molar-refractivity contribution in [1.29, 1.82) is 0 Å². The van der Waals surface area contributed by atoms with Gasteiger partial charge in [-0.05, 0) is 20.8 Å². The van der Waals surface area contributed by atoms with Crippen LogP contribution in [0.3, 0.4) is 0 Å². The average Bonchev–Trinajstić information content (AvgIpc) is 2.71. The van der Waals surface area contributed by atoms with Gasteiger partial charge in [0.25, 0.3) is 5.91 Å². The SMILES string of the molecule is CNC(=O)c1csc(CNC(=O)OC(C)(C)C)n1. The van der Waals surface area contributed by atoms with Crippen molar-refractivity contribution in [2.45, 2.75) is 32.9 Å². The molecule has 1 rings (SSSR count). The van der Waals surface area contributed by atoms with Crippen molar-refractivity contribution in [3.8, 4) is 0 Å². The Bertz CT molecular complexity index is 437. The van der Waals surface area contributed by atoms with Crippen molar-refractivity contribution in [3.63, 3.8) is 0 Å². The fraction of sp³-hybridized carbons (Fsp3) is 0.545. The summed E-state index contributed by atoms with van der Waals surface area (Å²) in [7, 11) is 1.54. The molecule has 0 bridgehead atoms. The fourth-order valence-electron chi connectivity index (χ4n) is 1.09. The Morgan fingerprint density at radius 1 is 1.44 bits per heavy atom. The minimum Gasteiger partial charge on any atom is -0.444 e. The fourth-order valence-corrected chi connectivity index (χ4v) is 1.80. The van der Waals surface area contributed by atoms with E-state index in [0.717, 1.165) is 0 Å². The number of rotatable bonds is 3. The zero-order valence-corrected chi connectivity index (χ0v) is 11.7. The molecule has 6 nitrogen and oxygen atoms in total. The smallest absolute Gasteiger partial charge is 0.408 e. The highest BCUT2D eigenvalue weighted by molar-refractivity contribution is 7.09. The molecule has 1 aromatic heterocycles. The number of thiazole rings is 1. The lowest BCUT2D eigenvalue weighted by Crippen LogP contribution is -2.32. The predicted octanol–water partition coefficient (Wildman–Crippen LogP) is 1.53. The Morgan fingerprint density at radius 2 is 2.11 bits per heavy atom. The van der Waals surface area contributed by atoms with Crippen LogP contribution >= 0.6 is 11.3 Å². The molecular weight excluding hydrogens is 254 g/mol. The van der Waals surface area contributed by atoms with E-state index in [1.165, 1.54) is 11.3 Å². The second-order valence-corrected chi connectivity index (χ2v) is 5.50. The molecule has 0 saturated heterocycles. The molecule has 7 heteroatoms. The van der Waals surface area contributed by atoms with Crippen LogP contribution in [0, 0.1) is 0 Å². The zero-order valence-electron chi connectivity index (χ0n) is 10.9. The van der Waals surface area contributed by atoms with Crippen LogP contribution in [-0.4, -0.2) is 29.6 Å². The first kappa shape index (κ1) is 14.4. The molecule has 0 aliphatic carbocycles.